The lowest BCUT2D eigenvalue weighted by atomic mass is 10.2. The minimum atomic E-state index is -0.947. The Kier molecular flexibility index (Phi) is 7.89. The molecule has 2 amide bonds. The molecule has 0 aliphatic rings. The molecule has 2 N–H and O–H groups in total. The fourth-order valence-electron chi connectivity index (χ4n) is 2.46. The molecule has 0 aromatic heterocycles. The van der Waals surface area contributed by atoms with Gasteiger partial charge >= 0.3 is 17.8 Å². The number of nitrogens with one attached hydrogen (secondary N) is 2. The van der Waals surface area contributed by atoms with Gasteiger partial charge in [0, 0.05) is 6.08 Å². The van der Waals surface area contributed by atoms with Crippen LogP contribution in [0.4, 0.5) is 5.69 Å². The lowest BCUT2D eigenvalue weighted by Gasteiger charge is -2.05. The first-order chi connectivity index (χ1) is 15.5. The van der Waals surface area contributed by atoms with Gasteiger partial charge in [0.15, 0.2) is 0 Å². The number of esters is 1. The number of amides is 2. The van der Waals surface area contributed by atoms with E-state index in [1.165, 1.54) is 12.3 Å². The van der Waals surface area contributed by atoms with Crippen molar-refractivity contribution in [2.45, 2.75) is 0 Å². The third-order valence-electron chi connectivity index (χ3n) is 4.02. The highest BCUT2D eigenvalue weighted by atomic mass is 35.5. The molecular weight excluding hydrogens is 430 g/mol. The van der Waals surface area contributed by atoms with Crippen molar-refractivity contribution in [2.75, 3.05) is 5.32 Å². The maximum atomic E-state index is 11.9. The maximum absolute atomic E-state index is 11.9. The van der Waals surface area contributed by atoms with Crippen LogP contribution >= 0.6 is 11.6 Å². The molecule has 0 unspecified atom stereocenters. The van der Waals surface area contributed by atoms with E-state index in [0.29, 0.717) is 22.0 Å². The summed E-state index contributed by atoms with van der Waals surface area (Å²) >= 11 is 5.94. The van der Waals surface area contributed by atoms with E-state index in [1.807, 2.05) is 30.3 Å². The molecule has 0 heterocycles. The van der Waals surface area contributed by atoms with Crippen molar-refractivity contribution in [2.24, 2.45) is 5.10 Å². The zero-order chi connectivity index (χ0) is 22.8. The number of rotatable bonds is 6. The van der Waals surface area contributed by atoms with Gasteiger partial charge in [-0.3, -0.25) is 9.59 Å². The van der Waals surface area contributed by atoms with E-state index < -0.39 is 17.8 Å². The molecule has 0 aliphatic heterocycles. The lowest BCUT2D eigenvalue weighted by Crippen LogP contribution is -2.32. The number of hydrazone groups is 1. The van der Waals surface area contributed by atoms with Gasteiger partial charge in [0.05, 0.1) is 16.9 Å². The van der Waals surface area contributed by atoms with Gasteiger partial charge in [-0.05, 0) is 53.6 Å². The second-order valence-electron chi connectivity index (χ2n) is 6.37. The van der Waals surface area contributed by atoms with Crippen molar-refractivity contribution < 1.29 is 19.1 Å². The van der Waals surface area contributed by atoms with Gasteiger partial charge < -0.3 is 10.1 Å². The molecule has 3 rings (SSSR count). The van der Waals surface area contributed by atoms with Crippen LogP contribution in [0.5, 0.6) is 5.75 Å². The highest BCUT2D eigenvalue weighted by Crippen LogP contribution is 2.20. The van der Waals surface area contributed by atoms with Gasteiger partial charge in [0.25, 0.3) is 0 Å². The third-order valence-corrected chi connectivity index (χ3v) is 4.35. The van der Waals surface area contributed by atoms with Crippen LogP contribution in [0.1, 0.15) is 11.1 Å². The Bertz CT molecular complexity index is 1160. The zero-order valence-corrected chi connectivity index (χ0v) is 17.5. The summed E-state index contributed by atoms with van der Waals surface area (Å²) in [4.78, 5) is 35.6. The van der Waals surface area contributed by atoms with Crippen LogP contribution < -0.4 is 15.5 Å². The second kappa shape index (κ2) is 11.2. The fourth-order valence-corrected chi connectivity index (χ4v) is 2.64. The molecular formula is C24H18ClN3O4. The Morgan fingerprint density at radius 2 is 1.50 bits per heavy atom. The molecule has 0 fully saturated rings. The van der Waals surface area contributed by atoms with Crippen LogP contribution in [-0.4, -0.2) is 24.0 Å². The molecule has 0 radical (unpaired) electrons. The van der Waals surface area contributed by atoms with E-state index in [4.69, 9.17) is 16.3 Å². The van der Waals surface area contributed by atoms with E-state index in [-0.39, 0.29) is 0 Å². The number of hydrogen-bond donors (Lipinski definition) is 2. The normalized spacial score (nSPS) is 10.8. The Morgan fingerprint density at radius 3 is 2.22 bits per heavy atom. The van der Waals surface area contributed by atoms with Gasteiger partial charge in [0.2, 0.25) is 0 Å². The SMILES string of the molecule is O=C(C=Cc1ccccc1)Oc1ccc(C=NNC(=O)C(=O)Nc2ccccc2Cl)cc1. The highest BCUT2D eigenvalue weighted by Gasteiger charge is 2.14. The Balaban J connectivity index is 1.48. The number of nitrogens with zero attached hydrogens (tertiary/aromatic N) is 1. The first-order valence-corrected chi connectivity index (χ1v) is 9.83. The van der Waals surface area contributed by atoms with Crippen LogP contribution in [0.25, 0.3) is 6.08 Å². The molecule has 3 aromatic rings. The summed E-state index contributed by atoms with van der Waals surface area (Å²) in [7, 11) is 0. The van der Waals surface area contributed by atoms with E-state index in [9.17, 15) is 14.4 Å². The Hall–Kier alpha value is -4.23. The summed E-state index contributed by atoms with van der Waals surface area (Å²) in [5.41, 5.74) is 3.96. The van der Waals surface area contributed by atoms with Crippen molar-refractivity contribution in [1.82, 2.24) is 5.43 Å². The molecule has 0 aliphatic carbocycles. The predicted molar refractivity (Wildman–Crippen MR) is 123 cm³/mol. The summed E-state index contributed by atoms with van der Waals surface area (Å²) in [5.74, 6) is -2.00. The summed E-state index contributed by atoms with van der Waals surface area (Å²) in [6, 6.07) is 22.4. The minimum Gasteiger partial charge on any atom is -0.423 e. The molecule has 160 valence electrons. The Morgan fingerprint density at radius 1 is 0.812 bits per heavy atom. The summed E-state index contributed by atoms with van der Waals surface area (Å²) in [5, 5.41) is 6.45. The average Bonchev–Trinajstić information content (AvgIpc) is 2.81. The monoisotopic (exact) mass is 447 g/mol. The van der Waals surface area contributed by atoms with Gasteiger partial charge in [-0.1, -0.05) is 54.1 Å². The number of carbonyl (C=O) groups is 3. The largest absolute Gasteiger partial charge is 0.423 e. The molecule has 0 atom stereocenters. The molecule has 0 saturated carbocycles. The third kappa shape index (κ3) is 6.93. The fraction of sp³-hybridized carbons (Fsp3) is 0. The van der Waals surface area contributed by atoms with E-state index in [1.54, 1.807) is 54.6 Å². The highest BCUT2D eigenvalue weighted by molar-refractivity contribution is 6.41. The van der Waals surface area contributed by atoms with Gasteiger partial charge in [-0.2, -0.15) is 5.10 Å². The zero-order valence-electron chi connectivity index (χ0n) is 16.7. The summed E-state index contributed by atoms with van der Waals surface area (Å²) in [6.45, 7) is 0. The molecule has 7 nitrogen and oxygen atoms in total. The Labute approximate surface area is 189 Å². The molecule has 3 aromatic carbocycles. The van der Waals surface area contributed by atoms with E-state index in [2.05, 4.69) is 15.8 Å². The van der Waals surface area contributed by atoms with Crippen LogP contribution in [0.2, 0.25) is 5.02 Å². The standard InChI is InChI=1S/C24H18ClN3O4/c25-20-8-4-5-9-21(20)27-23(30)24(31)28-26-16-18-10-13-19(14-11-18)32-22(29)15-12-17-6-2-1-3-7-17/h1-16H,(H,27,30)(H,28,31). The smallest absolute Gasteiger partial charge is 0.336 e. The number of carbonyl (C=O) groups excluding carboxylic acids is 3. The number of benzene rings is 3. The van der Waals surface area contributed by atoms with Crippen LogP contribution in [-0.2, 0) is 14.4 Å². The number of halogens is 1. The van der Waals surface area contributed by atoms with Gasteiger partial charge in [-0.15, -0.1) is 0 Å². The lowest BCUT2D eigenvalue weighted by molar-refractivity contribution is -0.136. The first-order valence-electron chi connectivity index (χ1n) is 9.45. The number of para-hydroxylation sites is 1. The summed E-state index contributed by atoms with van der Waals surface area (Å²) in [6.07, 6.45) is 4.35. The van der Waals surface area contributed by atoms with Crippen molar-refractivity contribution >= 4 is 47.4 Å². The van der Waals surface area contributed by atoms with Crippen molar-refractivity contribution in [1.29, 1.82) is 0 Å². The minimum absolute atomic E-state index is 0.313. The quantitative estimate of drug-likeness (QED) is 0.149. The number of anilines is 1. The van der Waals surface area contributed by atoms with E-state index >= 15 is 0 Å². The second-order valence-corrected chi connectivity index (χ2v) is 6.77. The molecule has 8 heteroatoms. The van der Waals surface area contributed by atoms with Gasteiger partial charge in [0.1, 0.15) is 5.75 Å². The van der Waals surface area contributed by atoms with Crippen molar-refractivity contribution in [3.63, 3.8) is 0 Å². The van der Waals surface area contributed by atoms with Gasteiger partial charge in [-0.25, -0.2) is 10.2 Å². The maximum Gasteiger partial charge on any atom is 0.336 e. The van der Waals surface area contributed by atoms with Crippen molar-refractivity contribution in [3.8, 4) is 5.75 Å². The van der Waals surface area contributed by atoms with Crippen LogP contribution in [0.15, 0.2) is 90.0 Å². The molecule has 32 heavy (non-hydrogen) atoms. The first kappa shape index (κ1) is 22.5. The molecule has 0 saturated heterocycles. The van der Waals surface area contributed by atoms with Crippen LogP contribution in [0.3, 0.4) is 0 Å². The summed E-state index contributed by atoms with van der Waals surface area (Å²) < 4.78 is 5.23. The molecule has 0 bridgehead atoms. The van der Waals surface area contributed by atoms with Crippen LogP contribution in [0, 0.1) is 0 Å². The van der Waals surface area contributed by atoms with E-state index in [0.717, 1.165) is 5.56 Å². The average molecular weight is 448 g/mol. The molecule has 0 spiro atoms. The predicted octanol–water partition coefficient (Wildman–Crippen LogP) is 4.05. The van der Waals surface area contributed by atoms with Crippen molar-refractivity contribution in [3.05, 3.63) is 101 Å². The topological polar surface area (TPSA) is 96.9 Å². The number of hydrogen-bond acceptors (Lipinski definition) is 5. The number of ether oxygens (including phenoxy) is 1.